The van der Waals surface area contributed by atoms with E-state index in [9.17, 15) is 27.9 Å². The van der Waals surface area contributed by atoms with E-state index < -0.39 is 29.3 Å². The van der Waals surface area contributed by atoms with Crippen molar-refractivity contribution in [1.82, 2.24) is 9.55 Å². The van der Waals surface area contributed by atoms with Crippen molar-refractivity contribution in [3.05, 3.63) is 92.5 Å². The minimum atomic E-state index is -4.49. The van der Waals surface area contributed by atoms with E-state index >= 15 is 0 Å². The molecule has 6 nitrogen and oxygen atoms in total. The number of halogens is 4. The summed E-state index contributed by atoms with van der Waals surface area (Å²) in [4.78, 5) is 29.2. The Bertz CT molecular complexity index is 1280. The Morgan fingerprint density at radius 3 is 2.54 bits per heavy atom. The first-order chi connectivity index (χ1) is 16.6. The van der Waals surface area contributed by atoms with Crippen molar-refractivity contribution in [3.8, 4) is 0 Å². The first-order valence-corrected chi connectivity index (χ1v) is 11.5. The third-order valence-electron chi connectivity index (χ3n) is 6.17. The van der Waals surface area contributed by atoms with Crippen molar-refractivity contribution in [3.63, 3.8) is 0 Å². The molecular weight excluding hydrogens is 483 g/mol. The Kier molecular flexibility index (Phi) is 7.16. The first-order valence-electron chi connectivity index (χ1n) is 11.1. The van der Waals surface area contributed by atoms with Gasteiger partial charge < -0.3 is 10.4 Å². The van der Waals surface area contributed by atoms with Crippen molar-refractivity contribution in [2.75, 3.05) is 5.32 Å². The van der Waals surface area contributed by atoms with Crippen LogP contribution in [-0.4, -0.2) is 20.6 Å². The number of hydrogen-bond donors (Lipinski definition) is 2. The molecule has 0 bridgehead atoms. The smallest absolute Gasteiger partial charge is 0.416 e. The predicted molar refractivity (Wildman–Crippen MR) is 126 cm³/mol. The number of anilines is 1. The molecule has 0 spiro atoms. The number of carbonyl (C=O) groups is 1. The van der Waals surface area contributed by atoms with E-state index in [-0.39, 0.29) is 35.4 Å². The molecule has 2 atom stereocenters. The lowest BCUT2D eigenvalue weighted by Crippen LogP contribution is -2.30. The Hall–Kier alpha value is -3.33. The van der Waals surface area contributed by atoms with Crippen LogP contribution in [0.1, 0.15) is 53.6 Å². The quantitative estimate of drug-likeness (QED) is 0.412. The Morgan fingerprint density at radius 2 is 1.86 bits per heavy atom. The van der Waals surface area contributed by atoms with Crippen LogP contribution >= 0.6 is 11.6 Å². The van der Waals surface area contributed by atoms with E-state index in [1.807, 2.05) is 30.3 Å². The maximum absolute atomic E-state index is 13.2. The second-order valence-electron chi connectivity index (χ2n) is 8.53. The van der Waals surface area contributed by atoms with E-state index in [1.165, 1.54) is 16.7 Å². The second-order valence-corrected chi connectivity index (χ2v) is 8.89. The van der Waals surface area contributed by atoms with Crippen LogP contribution in [0.15, 0.2) is 59.4 Å². The van der Waals surface area contributed by atoms with Gasteiger partial charge in [0.05, 0.1) is 11.3 Å². The monoisotopic (exact) mass is 505 g/mol. The van der Waals surface area contributed by atoms with E-state index in [2.05, 4.69) is 10.3 Å². The topological polar surface area (TPSA) is 84.2 Å². The molecular formula is C25H23ClF3N3O3. The highest BCUT2D eigenvalue weighted by Crippen LogP contribution is 2.41. The lowest BCUT2D eigenvalue weighted by Gasteiger charge is -2.15. The molecule has 0 radical (unpaired) electrons. The lowest BCUT2D eigenvalue weighted by molar-refractivity contribution is -0.141. The van der Waals surface area contributed by atoms with Gasteiger partial charge in [0.25, 0.3) is 5.56 Å². The number of aryl methyl sites for hydroxylation is 1. The molecule has 0 saturated carbocycles. The van der Waals surface area contributed by atoms with Crippen LogP contribution in [-0.2, 0) is 23.9 Å². The highest BCUT2D eigenvalue weighted by atomic mass is 35.5. The first kappa shape index (κ1) is 24.8. The molecule has 10 heteroatoms. The Balaban J connectivity index is 1.55. The summed E-state index contributed by atoms with van der Waals surface area (Å²) in [5.74, 6) is -1.60. The molecule has 0 unspecified atom stereocenters. The van der Waals surface area contributed by atoms with Crippen LogP contribution in [0.25, 0.3) is 0 Å². The zero-order valence-corrected chi connectivity index (χ0v) is 19.3. The van der Waals surface area contributed by atoms with Crippen LogP contribution in [0.3, 0.4) is 0 Å². The molecule has 0 saturated heterocycles. The number of carboxylic acid groups (broad SMARTS) is 1. The summed E-state index contributed by atoms with van der Waals surface area (Å²) in [6, 6.07) is 13.5. The van der Waals surface area contributed by atoms with Gasteiger partial charge in [-0.05, 0) is 48.9 Å². The molecule has 0 fully saturated rings. The third-order valence-corrected chi connectivity index (χ3v) is 6.45. The highest BCUT2D eigenvalue weighted by molar-refractivity contribution is 6.30. The maximum Gasteiger partial charge on any atom is 0.416 e. The molecule has 2 heterocycles. The SMILES string of the molecule is O=C(O)[C@@H]1C[C@@H](CCCc2ccccc2)c2c(Cl)nc(NCc3cccc(C(F)(F)F)c3)c(=O)n21. The number of nitrogens with one attached hydrogen (secondary N) is 1. The summed E-state index contributed by atoms with van der Waals surface area (Å²) in [6.45, 7) is -0.111. The fourth-order valence-electron chi connectivity index (χ4n) is 4.51. The standard InChI is InChI=1S/C25H23ClF3N3O3/c26-21-20-17(10-4-8-15-6-2-1-3-7-15)13-19(24(34)35)32(20)23(33)22(31-21)30-14-16-9-5-11-18(12-16)25(27,28)29/h1-3,5-7,9,11-12,17,19H,4,8,10,13-14H2,(H,30,31)(H,34,35)/t17-,19+/m1/s1. The van der Waals surface area contributed by atoms with Crippen molar-refractivity contribution >= 4 is 23.4 Å². The van der Waals surface area contributed by atoms with Crippen LogP contribution in [0, 0.1) is 0 Å². The lowest BCUT2D eigenvalue weighted by atomic mass is 9.94. The summed E-state index contributed by atoms with van der Waals surface area (Å²) in [6.07, 6.45) is -2.05. The zero-order chi connectivity index (χ0) is 25.2. The molecule has 4 rings (SSSR count). The number of aliphatic carboxylic acids is 1. The van der Waals surface area contributed by atoms with Gasteiger partial charge in [-0.15, -0.1) is 0 Å². The van der Waals surface area contributed by atoms with Gasteiger partial charge in [0.1, 0.15) is 6.04 Å². The van der Waals surface area contributed by atoms with Crippen LogP contribution in [0.5, 0.6) is 0 Å². The zero-order valence-electron chi connectivity index (χ0n) is 18.6. The number of nitrogens with zero attached hydrogens (tertiary/aromatic N) is 2. The van der Waals surface area contributed by atoms with Gasteiger partial charge in [-0.2, -0.15) is 13.2 Å². The van der Waals surface area contributed by atoms with Crippen LogP contribution in [0.2, 0.25) is 5.15 Å². The van der Waals surface area contributed by atoms with Gasteiger partial charge in [-0.3, -0.25) is 9.36 Å². The number of aromatic nitrogens is 2. The number of rotatable bonds is 8. The van der Waals surface area contributed by atoms with Gasteiger partial charge in [0, 0.05) is 12.5 Å². The normalized spacial score (nSPS) is 17.3. The average Bonchev–Trinajstić information content (AvgIpc) is 3.21. The Morgan fingerprint density at radius 1 is 1.14 bits per heavy atom. The van der Waals surface area contributed by atoms with Crippen molar-refractivity contribution in [1.29, 1.82) is 0 Å². The molecule has 2 aromatic carbocycles. The fourth-order valence-corrected chi connectivity index (χ4v) is 4.84. The predicted octanol–water partition coefficient (Wildman–Crippen LogP) is 5.66. The summed E-state index contributed by atoms with van der Waals surface area (Å²) < 4.78 is 40.1. The highest BCUT2D eigenvalue weighted by Gasteiger charge is 2.39. The van der Waals surface area contributed by atoms with Gasteiger partial charge in [-0.25, -0.2) is 9.78 Å². The summed E-state index contributed by atoms with van der Waals surface area (Å²) in [7, 11) is 0. The van der Waals surface area contributed by atoms with Gasteiger partial charge >= 0.3 is 12.1 Å². The maximum atomic E-state index is 13.2. The number of hydrogen-bond acceptors (Lipinski definition) is 4. The molecule has 35 heavy (non-hydrogen) atoms. The molecule has 1 aliphatic heterocycles. The van der Waals surface area contributed by atoms with E-state index in [0.717, 1.165) is 30.5 Å². The largest absolute Gasteiger partial charge is 0.480 e. The Labute approximate surface area is 204 Å². The van der Waals surface area contributed by atoms with Crippen molar-refractivity contribution in [2.24, 2.45) is 0 Å². The third kappa shape index (κ3) is 5.51. The summed E-state index contributed by atoms with van der Waals surface area (Å²) >= 11 is 6.42. The van der Waals surface area contributed by atoms with Crippen molar-refractivity contribution in [2.45, 2.75) is 50.4 Å². The molecule has 1 aromatic heterocycles. The van der Waals surface area contributed by atoms with E-state index in [0.29, 0.717) is 12.1 Å². The molecule has 184 valence electrons. The summed E-state index contributed by atoms with van der Waals surface area (Å²) in [5.41, 5.74) is 0.376. The molecule has 2 N–H and O–H groups in total. The molecule has 0 aliphatic carbocycles. The van der Waals surface area contributed by atoms with Gasteiger partial charge in [-0.1, -0.05) is 54.1 Å². The fraction of sp³-hybridized carbons (Fsp3) is 0.320. The summed E-state index contributed by atoms with van der Waals surface area (Å²) in [5, 5.41) is 12.5. The molecule has 1 aliphatic rings. The minimum absolute atomic E-state index is 0.0182. The number of fused-ring (bicyclic) bond motifs is 1. The number of benzene rings is 2. The van der Waals surface area contributed by atoms with Gasteiger partial charge in [0.2, 0.25) is 0 Å². The molecule has 3 aromatic rings. The van der Waals surface area contributed by atoms with Gasteiger partial charge in [0.15, 0.2) is 11.0 Å². The molecule has 0 amide bonds. The van der Waals surface area contributed by atoms with Crippen molar-refractivity contribution < 1.29 is 23.1 Å². The number of carboxylic acids is 1. The van der Waals surface area contributed by atoms with E-state index in [4.69, 9.17) is 11.6 Å². The number of alkyl halides is 3. The minimum Gasteiger partial charge on any atom is -0.480 e. The van der Waals surface area contributed by atoms with Crippen LogP contribution in [0.4, 0.5) is 19.0 Å². The van der Waals surface area contributed by atoms with Crippen LogP contribution < -0.4 is 10.9 Å². The second kappa shape index (κ2) is 10.1. The van der Waals surface area contributed by atoms with E-state index in [1.54, 1.807) is 0 Å². The average molecular weight is 506 g/mol.